The molecule has 0 spiro atoms. The van der Waals surface area contributed by atoms with Crippen LogP contribution >= 0.6 is 0 Å². The van der Waals surface area contributed by atoms with Crippen molar-refractivity contribution in [2.45, 2.75) is 31.2 Å². The molecule has 4 rings (SSSR count). The van der Waals surface area contributed by atoms with E-state index in [-0.39, 0.29) is 5.43 Å². The molecule has 2 aromatic carbocycles. The third kappa shape index (κ3) is 3.62. The summed E-state index contributed by atoms with van der Waals surface area (Å²) in [6, 6.07) is 15.1. The minimum Gasteiger partial charge on any atom is -0.378 e. The zero-order valence-corrected chi connectivity index (χ0v) is 15.7. The number of hydrogen-bond acceptors (Lipinski definition) is 3. The lowest BCUT2D eigenvalue weighted by atomic mass is 9.97. The highest BCUT2D eigenvalue weighted by Gasteiger charge is 2.55. The Kier molecular flexibility index (Phi) is 4.86. The van der Waals surface area contributed by atoms with Gasteiger partial charge in [-0.2, -0.15) is 13.2 Å². The van der Waals surface area contributed by atoms with Crippen LogP contribution in [0.15, 0.2) is 65.6 Å². The molecule has 7 heteroatoms. The van der Waals surface area contributed by atoms with Crippen molar-refractivity contribution in [3.63, 3.8) is 0 Å². The van der Waals surface area contributed by atoms with E-state index in [1.54, 1.807) is 41.3 Å². The average molecular weight is 402 g/mol. The second kappa shape index (κ2) is 7.22. The van der Waals surface area contributed by atoms with Crippen LogP contribution in [0.5, 0.6) is 0 Å². The summed E-state index contributed by atoms with van der Waals surface area (Å²) in [6.07, 6.45) is -2.00. The number of benzene rings is 2. The van der Waals surface area contributed by atoms with Gasteiger partial charge in [0, 0.05) is 29.9 Å². The van der Waals surface area contributed by atoms with Gasteiger partial charge in [-0.05, 0) is 36.6 Å². The molecule has 0 saturated heterocycles. The van der Waals surface area contributed by atoms with Crippen LogP contribution in [-0.4, -0.2) is 34.5 Å². The monoisotopic (exact) mass is 402 g/mol. The first-order valence-electron chi connectivity index (χ1n) is 9.49. The summed E-state index contributed by atoms with van der Waals surface area (Å²) in [5.41, 5.74) is -1.17. The molecule has 0 fully saturated rings. The molecule has 1 atom stereocenters. The summed E-state index contributed by atoms with van der Waals surface area (Å²) < 4.78 is 43.5. The molecule has 3 aromatic rings. The van der Waals surface area contributed by atoms with Crippen LogP contribution in [0.1, 0.15) is 12.0 Å². The van der Waals surface area contributed by atoms with Gasteiger partial charge < -0.3 is 14.6 Å². The molecule has 2 heterocycles. The van der Waals surface area contributed by atoms with Gasteiger partial charge in [-0.15, -0.1) is 0 Å². The number of β-amino-alcohol motifs (C(OH)–C–C–N with tert-alkyl or cyclic N) is 1. The fourth-order valence-electron chi connectivity index (χ4n) is 4.00. The highest BCUT2D eigenvalue weighted by Crippen LogP contribution is 2.36. The van der Waals surface area contributed by atoms with Crippen LogP contribution in [-0.2, 0) is 13.0 Å². The Morgan fingerprint density at radius 1 is 0.966 bits per heavy atom. The first-order chi connectivity index (χ1) is 13.8. The van der Waals surface area contributed by atoms with E-state index in [0.717, 1.165) is 24.1 Å². The molecule has 29 heavy (non-hydrogen) atoms. The molecule has 1 N–H and O–H groups in total. The fraction of sp³-hybridized carbons (Fsp3) is 0.318. The van der Waals surface area contributed by atoms with Gasteiger partial charge in [-0.1, -0.05) is 30.3 Å². The van der Waals surface area contributed by atoms with Crippen LogP contribution in [0, 0.1) is 0 Å². The van der Waals surface area contributed by atoms with Gasteiger partial charge in [0.25, 0.3) is 0 Å². The molecule has 0 bridgehead atoms. The molecule has 0 amide bonds. The van der Waals surface area contributed by atoms with E-state index in [1.165, 1.54) is 16.8 Å². The largest absolute Gasteiger partial charge is 0.420 e. The van der Waals surface area contributed by atoms with Crippen molar-refractivity contribution in [2.75, 3.05) is 18.0 Å². The molecule has 4 nitrogen and oxygen atoms in total. The van der Waals surface area contributed by atoms with Crippen molar-refractivity contribution >= 4 is 16.6 Å². The molecule has 1 unspecified atom stereocenters. The zero-order chi connectivity index (χ0) is 20.6. The molecule has 1 aliphatic heterocycles. The van der Waals surface area contributed by atoms with Crippen molar-refractivity contribution in [3.05, 3.63) is 76.6 Å². The quantitative estimate of drug-likeness (QED) is 0.723. The summed E-state index contributed by atoms with van der Waals surface area (Å²) in [7, 11) is 0. The maximum atomic E-state index is 14.0. The molecule has 152 valence electrons. The number of hydrogen-bond donors (Lipinski definition) is 1. The van der Waals surface area contributed by atoms with Gasteiger partial charge >= 0.3 is 6.18 Å². The Hall–Kier alpha value is -2.80. The Morgan fingerprint density at radius 3 is 2.48 bits per heavy atom. The first kappa shape index (κ1) is 19.5. The maximum Gasteiger partial charge on any atom is 0.420 e. The van der Waals surface area contributed by atoms with Crippen LogP contribution in [0.25, 0.3) is 10.9 Å². The van der Waals surface area contributed by atoms with Gasteiger partial charge in [0.15, 0.2) is 11.0 Å². The van der Waals surface area contributed by atoms with E-state index in [1.807, 2.05) is 12.1 Å². The molecular weight excluding hydrogens is 381 g/mol. The van der Waals surface area contributed by atoms with E-state index < -0.39 is 24.9 Å². The van der Waals surface area contributed by atoms with Crippen LogP contribution in [0.3, 0.4) is 0 Å². The maximum absolute atomic E-state index is 14.0. The number of aliphatic hydroxyl groups is 1. The number of nitrogens with zero attached hydrogens (tertiary/aromatic N) is 2. The smallest absolute Gasteiger partial charge is 0.378 e. The van der Waals surface area contributed by atoms with Gasteiger partial charge in [0.2, 0.25) is 0 Å². The number of anilines is 1. The van der Waals surface area contributed by atoms with Crippen molar-refractivity contribution in [1.82, 2.24) is 4.57 Å². The highest BCUT2D eigenvalue weighted by molar-refractivity contribution is 5.78. The highest BCUT2D eigenvalue weighted by atomic mass is 19.4. The zero-order valence-electron chi connectivity index (χ0n) is 15.7. The second-order valence-electron chi connectivity index (χ2n) is 7.51. The second-order valence-corrected chi connectivity index (χ2v) is 7.51. The van der Waals surface area contributed by atoms with Crippen molar-refractivity contribution in [1.29, 1.82) is 0 Å². The Labute approximate surface area is 165 Å². The third-order valence-corrected chi connectivity index (χ3v) is 5.50. The lowest BCUT2D eigenvalue weighted by Gasteiger charge is -2.39. The summed E-state index contributed by atoms with van der Waals surface area (Å²) in [5.74, 6) is 0. The normalized spacial score (nSPS) is 16.5. The minimum atomic E-state index is -4.84. The molecule has 0 radical (unpaired) electrons. The van der Waals surface area contributed by atoms with Crippen LogP contribution in [0.2, 0.25) is 0 Å². The predicted molar refractivity (Wildman–Crippen MR) is 106 cm³/mol. The minimum absolute atomic E-state index is 0.266. The number of para-hydroxylation sites is 2. The van der Waals surface area contributed by atoms with Crippen molar-refractivity contribution in [3.8, 4) is 0 Å². The number of fused-ring (bicyclic) bond motifs is 2. The van der Waals surface area contributed by atoms with E-state index in [0.29, 0.717) is 17.4 Å². The first-order valence-corrected chi connectivity index (χ1v) is 9.49. The Balaban J connectivity index is 1.73. The lowest BCUT2D eigenvalue weighted by Crippen LogP contribution is -2.57. The summed E-state index contributed by atoms with van der Waals surface area (Å²) in [4.78, 5) is 13.6. The van der Waals surface area contributed by atoms with Gasteiger partial charge in [0.05, 0.1) is 18.6 Å². The van der Waals surface area contributed by atoms with Crippen molar-refractivity contribution in [2.24, 2.45) is 0 Å². The molecule has 0 aliphatic carbocycles. The van der Waals surface area contributed by atoms with Gasteiger partial charge in [-0.25, -0.2) is 0 Å². The van der Waals surface area contributed by atoms with Gasteiger partial charge in [0.1, 0.15) is 0 Å². The number of aromatic nitrogens is 1. The Bertz CT molecular complexity index is 1090. The van der Waals surface area contributed by atoms with Gasteiger partial charge in [-0.3, -0.25) is 4.79 Å². The number of pyridine rings is 1. The van der Waals surface area contributed by atoms with Crippen molar-refractivity contribution < 1.29 is 18.3 Å². The van der Waals surface area contributed by atoms with E-state index >= 15 is 0 Å². The summed E-state index contributed by atoms with van der Waals surface area (Å²) in [6.45, 7) is -0.829. The number of rotatable bonds is 4. The summed E-state index contributed by atoms with van der Waals surface area (Å²) >= 11 is 0. The van der Waals surface area contributed by atoms with Crippen LogP contribution < -0.4 is 10.3 Å². The van der Waals surface area contributed by atoms with E-state index in [4.69, 9.17) is 0 Å². The molecule has 1 aliphatic rings. The predicted octanol–water partition coefficient (Wildman–Crippen LogP) is 3.75. The van der Waals surface area contributed by atoms with Crippen LogP contribution in [0.4, 0.5) is 18.9 Å². The SMILES string of the molecule is O=c1ccn(CC(O)(CN2CCCc3ccccc32)C(F)(F)F)c2ccccc12. The lowest BCUT2D eigenvalue weighted by molar-refractivity contribution is -0.260. The standard InChI is InChI=1S/C22H21F3N2O2/c23-22(24,25)21(29,14-26-12-5-7-16-6-1-3-9-18(16)26)15-27-13-11-20(28)17-8-2-4-10-19(17)27/h1-4,6,8-11,13,29H,5,7,12,14-15H2. The number of alkyl halides is 3. The molecule has 1 aromatic heterocycles. The average Bonchev–Trinajstić information content (AvgIpc) is 2.70. The number of halogens is 3. The fourth-order valence-corrected chi connectivity index (χ4v) is 4.00. The molecular formula is C22H21F3N2O2. The third-order valence-electron chi connectivity index (χ3n) is 5.50. The molecule has 0 saturated carbocycles. The summed E-state index contributed by atoms with van der Waals surface area (Å²) in [5, 5.41) is 11.2. The Morgan fingerprint density at radius 2 is 1.69 bits per heavy atom. The van der Waals surface area contributed by atoms with E-state index in [2.05, 4.69) is 0 Å². The topological polar surface area (TPSA) is 45.5 Å². The van der Waals surface area contributed by atoms with E-state index in [9.17, 15) is 23.1 Å². The number of aryl methyl sites for hydroxylation is 1.